The van der Waals surface area contributed by atoms with E-state index in [9.17, 15) is 9.59 Å². The first-order valence-corrected chi connectivity index (χ1v) is 10.5. The highest BCUT2D eigenvalue weighted by Crippen LogP contribution is 2.23. The van der Waals surface area contributed by atoms with Crippen molar-refractivity contribution >= 4 is 23.6 Å². The third-order valence-corrected chi connectivity index (χ3v) is 5.34. The Kier molecular flexibility index (Phi) is 8.88. The zero-order valence-corrected chi connectivity index (χ0v) is 17.5. The number of ether oxygens (including phenoxy) is 1. The molecular weight excluding hydrogens is 372 g/mol. The van der Waals surface area contributed by atoms with Gasteiger partial charge in [0.05, 0.1) is 0 Å². The van der Waals surface area contributed by atoms with Gasteiger partial charge in [0.25, 0.3) is 0 Å². The molecule has 0 saturated carbocycles. The highest BCUT2D eigenvalue weighted by Gasteiger charge is 2.23. The van der Waals surface area contributed by atoms with Crippen molar-refractivity contribution in [2.24, 2.45) is 0 Å². The predicted octanol–water partition coefficient (Wildman–Crippen LogP) is 3.73. The van der Waals surface area contributed by atoms with Gasteiger partial charge in [0.15, 0.2) is 0 Å². The monoisotopic (exact) mass is 400 g/mol. The minimum atomic E-state index is -0.531. The molecule has 5 nitrogen and oxygen atoms in total. The number of benzene rings is 2. The van der Waals surface area contributed by atoms with Gasteiger partial charge in [-0.2, -0.15) is 0 Å². The maximum absolute atomic E-state index is 12.6. The number of hydrogen-bond donors (Lipinski definition) is 1. The van der Waals surface area contributed by atoms with Crippen LogP contribution in [0.5, 0.6) is 5.75 Å². The van der Waals surface area contributed by atoms with Crippen molar-refractivity contribution in [2.75, 3.05) is 18.8 Å². The number of rotatable bonds is 10. The lowest BCUT2D eigenvalue weighted by Gasteiger charge is -2.25. The van der Waals surface area contributed by atoms with E-state index in [-0.39, 0.29) is 11.8 Å². The van der Waals surface area contributed by atoms with Crippen LogP contribution in [-0.2, 0) is 16.2 Å². The molecule has 2 rings (SSSR count). The molecule has 6 heteroatoms. The van der Waals surface area contributed by atoms with Gasteiger partial charge in [-0.25, -0.2) is 0 Å². The van der Waals surface area contributed by atoms with Crippen molar-refractivity contribution in [3.63, 3.8) is 0 Å². The molecule has 1 atom stereocenters. The highest BCUT2D eigenvalue weighted by molar-refractivity contribution is 7.99. The summed E-state index contributed by atoms with van der Waals surface area (Å²) in [6.45, 7) is 7.09. The summed E-state index contributed by atoms with van der Waals surface area (Å²) < 4.78 is 5.80. The molecule has 0 aliphatic heterocycles. The highest BCUT2D eigenvalue weighted by atomic mass is 32.2. The van der Waals surface area contributed by atoms with E-state index in [1.54, 1.807) is 16.7 Å². The first kappa shape index (κ1) is 21.8. The van der Waals surface area contributed by atoms with Crippen LogP contribution in [0.25, 0.3) is 0 Å². The summed E-state index contributed by atoms with van der Waals surface area (Å²) in [6, 6.07) is 17.3. The van der Waals surface area contributed by atoms with Crippen LogP contribution in [0, 0.1) is 0 Å². The Labute approximate surface area is 171 Å². The van der Waals surface area contributed by atoms with Crippen molar-refractivity contribution in [3.8, 4) is 5.75 Å². The molecule has 0 heterocycles. The van der Waals surface area contributed by atoms with Crippen LogP contribution < -0.4 is 10.1 Å². The Morgan fingerprint density at radius 3 is 2.25 bits per heavy atom. The SMILES string of the molecule is CCN(CC)C(=O)C(CSc1ccc(OCc2ccccc2)cc1)NC(C)=O. The lowest BCUT2D eigenvalue weighted by molar-refractivity contribution is -0.135. The fourth-order valence-corrected chi connectivity index (χ4v) is 3.64. The maximum Gasteiger partial charge on any atom is 0.245 e. The van der Waals surface area contributed by atoms with Gasteiger partial charge in [-0.3, -0.25) is 9.59 Å². The molecule has 0 fully saturated rings. The quantitative estimate of drug-likeness (QED) is 0.618. The smallest absolute Gasteiger partial charge is 0.245 e. The van der Waals surface area contributed by atoms with Gasteiger partial charge in [-0.1, -0.05) is 30.3 Å². The van der Waals surface area contributed by atoms with Crippen molar-refractivity contribution in [1.29, 1.82) is 0 Å². The molecule has 150 valence electrons. The molecule has 0 aromatic heterocycles. The Morgan fingerprint density at radius 1 is 1.04 bits per heavy atom. The minimum absolute atomic E-state index is 0.0458. The Morgan fingerprint density at radius 2 is 1.68 bits per heavy atom. The fourth-order valence-electron chi connectivity index (χ4n) is 2.73. The zero-order chi connectivity index (χ0) is 20.4. The summed E-state index contributed by atoms with van der Waals surface area (Å²) in [5.74, 6) is 1.04. The Bertz CT molecular complexity index is 746. The molecule has 2 aromatic carbocycles. The fraction of sp³-hybridized carbons (Fsp3) is 0.364. The standard InChI is InChI=1S/C22H28N2O3S/c1-4-24(5-2)22(26)21(23-17(3)25)16-28-20-13-11-19(12-14-20)27-15-18-9-7-6-8-10-18/h6-14,21H,4-5,15-16H2,1-3H3,(H,23,25). The summed E-state index contributed by atoms with van der Waals surface area (Å²) >= 11 is 1.54. The molecule has 0 aliphatic carbocycles. The lowest BCUT2D eigenvalue weighted by atomic mass is 10.2. The second-order valence-corrected chi connectivity index (χ2v) is 7.41. The normalized spacial score (nSPS) is 11.5. The van der Waals surface area contributed by atoms with Crippen molar-refractivity contribution in [2.45, 2.75) is 38.3 Å². The van der Waals surface area contributed by atoms with Gasteiger partial charge in [0, 0.05) is 30.7 Å². The Hall–Kier alpha value is -2.47. The average Bonchev–Trinajstić information content (AvgIpc) is 2.71. The van der Waals surface area contributed by atoms with Crippen LogP contribution in [-0.4, -0.2) is 41.6 Å². The van der Waals surface area contributed by atoms with Crippen molar-refractivity contribution in [3.05, 3.63) is 60.2 Å². The average molecular weight is 401 g/mol. The number of carbonyl (C=O) groups excluding carboxylic acids is 2. The summed E-state index contributed by atoms with van der Waals surface area (Å²) in [6.07, 6.45) is 0. The zero-order valence-electron chi connectivity index (χ0n) is 16.7. The van der Waals surface area contributed by atoms with E-state index in [0.717, 1.165) is 16.2 Å². The molecule has 0 saturated heterocycles. The van der Waals surface area contributed by atoms with Gasteiger partial charge >= 0.3 is 0 Å². The first-order valence-electron chi connectivity index (χ1n) is 9.49. The maximum atomic E-state index is 12.6. The second-order valence-electron chi connectivity index (χ2n) is 6.32. The van der Waals surface area contributed by atoms with E-state index >= 15 is 0 Å². The molecule has 1 N–H and O–H groups in total. The largest absolute Gasteiger partial charge is 0.489 e. The topological polar surface area (TPSA) is 58.6 Å². The molecular formula is C22H28N2O3S. The lowest BCUT2D eigenvalue weighted by Crippen LogP contribution is -2.49. The Balaban J connectivity index is 1.91. The van der Waals surface area contributed by atoms with E-state index in [4.69, 9.17) is 4.74 Å². The molecule has 0 spiro atoms. The van der Waals surface area contributed by atoms with Crippen molar-refractivity contribution in [1.82, 2.24) is 10.2 Å². The van der Waals surface area contributed by atoms with Crippen molar-refractivity contribution < 1.29 is 14.3 Å². The summed E-state index contributed by atoms with van der Waals surface area (Å²) in [4.78, 5) is 26.9. The molecule has 28 heavy (non-hydrogen) atoms. The van der Waals surface area contributed by atoms with Crippen LogP contribution in [0.15, 0.2) is 59.5 Å². The van der Waals surface area contributed by atoms with E-state index in [0.29, 0.717) is 25.4 Å². The predicted molar refractivity (Wildman–Crippen MR) is 113 cm³/mol. The van der Waals surface area contributed by atoms with E-state index in [2.05, 4.69) is 5.32 Å². The third-order valence-electron chi connectivity index (χ3n) is 4.24. The van der Waals surface area contributed by atoms with E-state index in [1.165, 1.54) is 6.92 Å². The van der Waals surface area contributed by atoms with Crippen LogP contribution in [0.1, 0.15) is 26.3 Å². The van der Waals surface area contributed by atoms with Gasteiger partial charge in [0.2, 0.25) is 11.8 Å². The van der Waals surface area contributed by atoms with Crippen LogP contribution in [0.2, 0.25) is 0 Å². The van der Waals surface area contributed by atoms with Crippen LogP contribution >= 0.6 is 11.8 Å². The summed E-state index contributed by atoms with van der Waals surface area (Å²) in [5.41, 5.74) is 1.12. The van der Waals surface area contributed by atoms with Crippen LogP contribution in [0.3, 0.4) is 0 Å². The molecule has 2 amide bonds. The number of nitrogens with zero attached hydrogens (tertiary/aromatic N) is 1. The summed E-state index contributed by atoms with van der Waals surface area (Å²) in [5, 5.41) is 2.77. The number of amides is 2. The van der Waals surface area contributed by atoms with E-state index < -0.39 is 6.04 Å². The molecule has 0 aliphatic rings. The number of carbonyl (C=O) groups is 2. The number of hydrogen-bond acceptors (Lipinski definition) is 4. The second kappa shape index (κ2) is 11.4. The third kappa shape index (κ3) is 6.93. The minimum Gasteiger partial charge on any atom is -0.489 e. The molecule has 0 radical (unpaired) electrons. The van der Waals surface area contributed by atoms with E-state index in [1.807, 2.05) is 68.4 Å². The van der Waals surface area contributed by atoms with Gasteiger partial charge in [0.1, 0.15) is 18.4 Å². The van der Waals surface area contributed by atoms with Gasteiger partial charge in [-0.05, 0) is 43.7 Å². The number of thioether (sulfide) groups is 1. The number of likely N-dealkylation sites (N-methyl/N-ethyl adjacent to an activating group) is 1. The summed E-state index contributed by atoms with van der Waals surface area (Å²) in [7, 11) is 0. The molecule has 2 aromatic rings. The molecule has 0 bridgehead atoms. The van der Waals surface area contributed by atoms with Crippen LogP contribution in [0.4, 0.5) is 0 Å². The van der Waals surface area contributed by atoms with Gasteiger partial charge < -0.3 is 15.0 Å². The van der Waals surface area contributed by atoms with Gasteiger partial charge in [-0.15, -0.1) is 11.8 Å². The molecule has 1 unspecified atom stereocenters. The number of nitrogens with one attached hydrogen (secondary N) is 1. The first-order chi connectivity index (χ1) is 13.5.